The molecule has 0 radical (unpaired) electrons. The molecule has 134 valence electrons. The van der Waals surface area contributed by atoms with E-state index in [0.717, 1.165) is 18.4 Å². The lowest BCUT2D eigenvalue weighted by molar-refractivity contribution is -0.134. The Morgan fingerprint density at radius 3 is 2.52 bits per heavy atom. The highest BCUT2D eigenvalue weighted by Gasteiger charge is 2.29. The molecule has 1 aromatic heterocycles. The minimum Gasteiger partial charge on any atom is -0.337 e. The number of rotatable bonds is 4. The van der Waals surface area contributed by atoms with E-state index in [-0.39, 0.29) is 18.0 Å². The Balaban J connectivity index is 1.68. The second kappa shape index (κ2) is 7.66. The number of amides is 1. The van der Waals surface area contributed by atoms with Crippen molar-refractivity contribution in [3.8, 4) is 11.4 Å². The molecule has 0 bridgehead atoms. The molecule has 0 unspecified atom stereocenters. The number of benzene rings is 1. The smallest absolute Gasteiger partial charge is 0.233 e. The lowest BCUT2D eigenvalue weighted by Crippen LogP contribution is -2.48. The van der Waals surface area contributed by atoms with Gasteiger partial charge in [0, 0.05) is 22.7 Å². The minimum atomic E-state index is 0.126. The van der Waals surface area contributed by atoms with Crippen LogP contribution in [-0.2, 0) is 4.79 Å². The van der Waals surface area contributed by atoms with Crippen molar-refractivity contribution in [3.63, 3.8) is 0 Å². The van der Waals surface area contributed by atoms with Crippen molar-refractivity contribution in [3.05, 3.63) is 29.3 Å². The molecule has 1 fully saturated rings. The van der Waals surface area contributed by atoms with E-state index in [1.165, 1.54) is 22.9 Å². The third-order valence-corrected chi connectivity index (χ3v) is 5.75. The molecule has 2 heterocycles. The molecule has 0 aliphatic carbocycles. The van der Waals surface area contributed by atoms with Crippen LogP contribution < -0.4 is 5.84 Å². The summed E-state index contributed by atoms with van der Waals surface area (Å²) in [5.74, 6) is 7.09. The lowest BCUT2D eigenvalue weighted by Gasteiger charge is -2.39. The van der Waals surface area contributed by atoms with Crippen LogP contribution in [0.1, 0.15) is 33.1 Å². The van der Waals surface area contributed by atoms with Crippen molar-refractivity contribution in [2.24, 2.45) is 0 Å². The summed E-state index contributed by atoms with van der Waals surface area (Å²) in [5.41, 5.74) is 0.829. The topological polar surface area (TPSA) is 77.0 Å². The molecule has 1 saturated heterocycles. The second-order valence-corrected chi connectivity index (χ2v) is 7.78. The summed E-state index contributed by atoms with van der Waals surface area (Å²) >= 11 is 7.22. The van der Waals surface area contributed by atoms with Gasteiger partial charge in [-0.3, -0.25) is 4.79 Å². The van der Waals surface area contributed by atoms with Gasteiger partial charge >= 0.3 is 0 Å². The van der Waals surface area contributed by atoms with Crippen molar-refractivity contribution >= 4 is 29.3 Å². The molecular formula is C17H22ClN5OS. The molecule has 0 spiro atoms. The van der Waals surface area contributed by atoms with Gasteiger partial charge in [0.15, 0.2) is 5.82 Å². The number of piperidine rings is 1. The monoisotopic (exact) mass is 379 g/mol. The number of nitrogens with two attached hydrogens (primary N) is 1. The number of likely N-dealkylation sites (tertiary alicyclic amines) is 1. The molecule has 6 nitrogen and oxygen atoms in total. The number of hydrogen-bond donors (Lipinski definition) is 1. The van der Waals surface area contributed by atoms with Crippen LogP contribution in [0.25, 0.3) is 11.4 Å². The van der Waals surface area contributed by atoms with E-state index in [0.29, 0.717) is 21.8 Å². The summed E-state index contributed by atoms with van der Waals surface area (Å²) < 4.78 is 1.42. The molecule has 1 amide bonds. The Morgan fingerprint density at radius 1 is 1.24 bits per heavy atom. The van der Waals surface area contributed by atoms with Gasteiger partial charge in [0.2, 0.25) is 11.1 Å². The van der Waals surface area contributed by atoms with E-state index in [4.69, 9.17) is 17.4 Å². The van der Waals surface area contributed by atoms with Gasteiger partial charge in [0.05, 0.1) is 5.75 Å². The summed E-state index contributed by atoms with van der Waals surface area (Å²) in [6, 6.07) is 7.82. The zero-order valence-electron chi connectivity index (χ0n) is 14.4. The number of thioether (sulfide) groups is 1. The fourth-order valence-corrected chi connectivity index (χ4v) is 4.14. The molecule has 2 aromatic rings. The average Bonchev–Trinajstić information content (AvgIpc) is 2.94. The number of carbonyl (C=O) groups excluding carboxylic acids is 1. The van der Waals surface area contributed by atoms with Gasteiger partial charge in [-0.05, 0) is 57.4 Å². The van der Waals surface area contributed by atoms with Gasteiger partial charge in [-0.1, -0.05) is 23.4 Å². The van der Waals surface area contributed by atoms with Crippen LogP contribution >= 0.6 is 23.4 Å². The Morgan fingerprint density at radius 2 is 1.88 bits per heavy atom. The zero-order valence-corrected chi connectivity index (χ0v) is 15.9. The van der Waals surface area contributed by atoms with Crippen molar-refractivity contribution in [2.45, 2.75) is 50.4 Å². The standard InChI is InChI=1S/C17H22ClN5OS/c1-11-4-3-5-12(2)22(11)15(24)10-25-17-21-20-16(23(17)19)13-6-8-14(18)9-7-13/h6-9,11-12H,3-5,10,19H2,1-2H3/t11-,12-/m0/s1. The maximum Gasteiger partial charge on any atom is 0.233 e. The Kier molecular flexibility index (Phi) is 5.54. The van der Waals surface area contributed by atoms with E-state index in [9.17, 15) is 4.79 Å². The van der Waals surface area contributed by atoms with Gasteiger partial charge in [-0.2, -0.15) is 0 Å². The molecule has 0 saturated carbocycles. The van der Waals surface area contributed by atoms with Crippen LogP contribution in [0, 0.1) is 0 Å². The van der Waals surface area contributed by atoms with Crippen LogP contribution in [0.15, 0.2) is 29.4 Å². The highest BCUT2D eigenvalue weighted by Crippen LogP contribution is 2.26. The van der Waals surface area contributed by atoms with Crippen molar-refractivity contribution in [1.82, 2.24) is 19.8 Å². The Hall–Kier alpha value is -1.73. The molecule has 1 aromatic carbocycles. The first-order valence-corrected chi connectivity index (χ1v) is 9.74. The SMILES string of the molecule is C[C@H]1CCC[C@H](C)N1C(=O)CSc1nnc(-c2ccc(Cl)cc2)n1N. The molecule has 3 rings (SSSR count). The van der Waals surface area contributed by atoms with Crippen molar-refractivity contribution < 1.29 is 4.79 Å². The van der Waals surface area contributed by atoms with Gasteiger partial charge < -0.3 is 10.7 Å². The maximum atomic E-state index is 12.6. The van der Waals surface area contributed by atoms with E-state index in [2.05, 4.69) is 24.0 Å². The van der Waals surface area contributed by atoms with Gasteiger partial charge in [-0.15, -0.1) is 10.2 Å². The minimum absolute atomic E-state index is 0.126. The zero-order chi connectivity index (χ0) is 18.0. The number of carbonyl (C=O) groups is 1. The van der Waals surface area contributed by atoms with Crippen molar-refractivity contribution in [2.75, 3.05) is 11.6 Å². The fourth-order valence-electron chi connectivity index (χ4n) is 3.28. The molecule has 2 atom stereocenters. The van der Waals surface area contributed by atoms with E-state index >= 15 is 0 Å². The number of nitrogen functional groups attached to an aromatic ring is 1. The summed E-state index contributed by atoms with van der Waals surface area (Å²) in [6.07, 6.45) is 3.31. The first-order chi connectivity index (χ1) is 12.0. The fraction of sp³-hybridized carbons (Fsp3) is 0.471. The summed E-state index contributed by atoms with van der Waals surface area (Å²) in [6.45, 7) is 4.23. The van der Waals surface area contributed by atoms with Crippen molar-refractivity contribution in [1.29, 1.82) is 0 Å². The number of aromatic nitrogens is 3. The molecule has 2 N–H and O–H groups in total. The van der Waals surface area contributed by atoms with Gasteiger partial charge in [0.1, 0.15) is 0 Å². The number of hydrogen-bond acceptors (Lipinski definition) is 5. The predicted molar refractivity (Wildman–Crippen MR) is 101 cm³/mol. The molecule has 1 aliphatic heterocycles. The normalized spacial score (nSPS) is 20.7. The van der Waals surface area contributed by atoms with Gasteiger partial charge in [0.25, 0.3) is 0 Å². The van der Waals surface area contributed by atoms with Gasteiger partial charge in [-0.25, -0.2) is 4.68 Å². The number of nitrogens with zero attached hydrogens (tertiary/aromatic N) is 4. The van der Waals surface area contributed by atoms with E-state index in [1.54, 1.807) is 12.1 Å². The first kappa shape index (κ1) is 18.1. The third-order valence-electron chi connectivity index (χ3n) is 4.57. The van der Waals surface area contributed by atoms with Crippen LogP contribution in [0.3, 0.4) is 0 Å². The number of halogens is 1. The average molecular weight is 380 g/mol. The molecule has 1 aliphatic rings. The summed E-state index contributed by atoms with van der Waals surface area (Å²) in [7, 11) is 0. The first-order valence-electron chi connectivity index (χ1n) is 8.37. The second-order valence-electron chi connectivity index (χ2n) is 6.40. The highest BCUT2D eigenvalue weighted by molar-refractivity contribution is 7.99. The van der Waals surface area contributed by atoms with E-state index in [1.807, 2.05) is 17.0 Å². The third kappa shape index (κ3) is 3.93. The van der Waals surface area contributed by atoms with Crippen LogP contribution in [0.4, 0.5) is 0 Å². The molecule has 25 heavy (non-hydrogen) atoms. The van der Waals surface area contributed by atoms with Crippen LogP contribution in [0.5, 0.6) is 0 Å². The molecule has 8 heteroatoms. The molecular weight excluding hydrogens is 358 g/mol. The largest absolute Gasteiger partial charge is 0.337 e. The quantitative estimate of drug-likeness (QED) is 0.652. The predicted octanol–water partition coefficient (Wildman–Crippen LogP) is 3.19. The lowest BCUT2D eigenvalue weighted by atomic mass is 9.98. The van der Waals surface area contributed by atoms with Crippen LogP contribution in [-0.4, -0.2) is 43.5 Å². The van der Waals surface area contributed by atoms with Crippen LogP contribution in [0.2, 0.25) is 5.02 Å². The maximum absolute atomic E-state index is 12.6. The Labute approximate surface area is 156 Å². The summed E-state index contributed by atoms with van der Waals surface area (Å²) in [5, 5.41) is 9.43. The Bertz CT molecular complexity index is 738. The highest BCUT2D eigenvalue weighted by atomic mass is 35.5. The van der Waals surface area contributed by atoms with E-state index < -0.39 is 0 Å². The summed E-state index contributed by atoms with van der Waals surface area (Å²) in [4.78, 5) is 14.6.